The third-order valence-electron chi connectivity index (χ3n) is 5.37. The Hall–Kier alpha value is -2.72. The summed E-state index contributed by atoms with van der Waals surface area (Å²) in [5, 5.41) is 0. The third-order valence-corrected chi connectivity index (χ3v) is 5.37. The van der Waals surface area contributed by atoms with E-state index in [-0.39, 0.29) is 23.6 Å². The number of hydrogen-bond donors (Lipinski definition) is 0. The number of Topliss-reactive ketones (excluding diaryl/α,β-unsaturated/α-hetero) is 1. The van der Waals surface area contributed by atoms with Gasteiger partial charge in [-0.3, -0.25) is 9.69 Å². The molecule has 0 aromatic heterocycles. The van der Waals surface area contributed by atoms with Crippen molar-refractivity contribution in [3.05, 3.63) is 77.9 Å². The van der Waals surface area contributed by atoms with Gasteiger partial charge in [-0.15, -0.1) is 0 Å². The number of ketones is 1. The molecule has 4 heteroatoms. The highest BCUT2D eigenvalue weighted by Crippen LogP contribution is 2.41. The van der Waals surface area contributed by atoms with E-state index in [4.69, 9.17) is 4.74 Å². The number of carbonyl (C=O) groups is 2. The average Bonchev–Trinajstić information content (AvgIpc) is 3.23. The summed E-state index contributed by atoms with van der Waals surface area (Å²) in [6.45, 7) is 1.26. The normalized spacial score (nSPS) is 23.4. The molecule has 1 fully saturated rings. The van der Waals surface area contributed by atoms with Gasteiger partial charge in [0, 0.05) is 30.5 Å². The molecule has 2 aromatic rings. The highest BCUT2D eigenvalue weighted by molar-refractivity contribution is 6.24. The molecule has 132 valence electrons. The van der Waals surface area contributed by atoms with Crippen molar-refractivity contribution >= 4 is 17.3 Å². The zero-order chi connectivity index (χ0) is 18.1. The van der Waals surface area contributed by atoms with E-state index >= 15 is 0 Å². The summed E-state index contributed by atoms with van der Waals surface area (Å²) < 4.78 is 5.04. The summed E-state index contributed by atoms with van der Waals surface area (Å²) in [7, 11) is 1.41. The quantitative estimate of drug-likeness (QED) is 0.798. The number of rotatable bonds is 4. The number of allylic oxidation sites excluding steroid dienone is 1. The summed E-state index contributed by atoms with van der Waals surface area (Å²) in [4.78, 5) is 27.4. The predicted octanol–water partition coefficient (Wildman–Crippen LogP) is 3.12. The summed E-state index contributed by atoms with van der Waals surface area (Å²) in [5.74, 6) is -0.0362. The molecule has 0 N–H and O–H groups in total. The van der Waals surface area contributed by atoms with E-state index < -0.39 is 6.04 Å². The first-order valence-corrected chi connectivity index (χ1v) is 8.87. The Morgan fingerprint density at radius 3 is 2.31 bits per heavy atom. The first kappa shape index (κ1) is 16.7. The van der Waals surface area contributed by atoms with Crippen LogP contribution in [0, 0.1) is 11.8 Å². The zero-order valence-electron chi connectivity index (χ0n) is 14.7. The monoisotopic (exact) mass is 347 g/mol. The van der Waals surface area contributed by atoms with Gasteiger partial charge >= 0.3 is 5.97 Å². The van der Waals surface area contributed by atoms with E-state index in [0.29, 0.717) is 13.1 Å². The Morgan fingerprint density at radius 1 is 1.04 bits per heavy atom. The Bertz CT molecular complexity index is 844. The molecule has 1 aliphatic heterocycles. The van der Waals surface area contributed by atoms with Crippen LogP contribution in [0.4, 0.5) is 0 Å². The number of esters is 1. The minimum Gasteiger partial charge on any atom is -0.468 e. The van der Waals surface area contributed by atoms with Crippen LogP contribution >= 0.6 is 0 Å². The van der Waals surface area contributed by atoms with Crippen LogP contribution < -0.4 is 0 Å². The minimum absolute atomic E-state index is 0.0823. The first-order chi connectivity index (χ1) is 12.7. The summed E-state index contributed by atoms with van der Waals surface area (Å²) in [6, 6.07) is 19.0. The summed E-state index contributed by atoms with van der Waals surface area (Å²) in [5.41, 5.74) is 2.69. The lowest BCUT2D eigenvalue weighted by Crippen LogP contribution is -2.34. The lowest BCUT2D eigenvalue weighted by atomic mass is 9.97. The van der Waals surface area contributed by atoms with Crippen molar-refractivity contribution in [2.45, 2.75) is 6.04 Å². The van der Waals surface area contributed by atoms with Gasteiger partial charge in [0.05, 0.1) is 7.11 Å². The van der Waals surface area contributed by atoms with Crippen LogP contribution in [0.5, 0.6) is 0 Å². The molecule has 2 aromatic carbocycles. The Morgan fingerprint density at radius 2 is 1.69 bits per heavy atom. The number of fused-ring (bicyclic) bond motifs is 1. The van der Waals surface area contributed by atoms with Crippen molar-refractivity contribution in [2.75, 3.05) is 20.2 Å². The lowest BCUT2D eigenvalue weighted by molar-refractivity contribution is -0.147. The maximum Gasteiger partial charge on any atom is 0.327 e. The van der Waals surface area contributed by atoms with Crippen molar-refractivity contribution < 1.29 is 14.3 Å². The maximum atomic E-state index is 12.9. The lowest BCUT2D eigenvalue weighted by Gasteiger charge is -2.26. The van der Waals surface area contributed by atoms with Crippen LogP contribution in [0.3, 0.4) is 0 Å². The molecule has 4 rings (SSSR count). The molecule has 1 heterocycles. The molecule has 0 bridgehead atoms. The number of hydrogen-bond acceptors (Lipinski definition) is 4. The van der Waals surface area contributed by atoms with Crippen LogP contribution in [0.1, 0.15) is 17.2 Å². The molecular weight excluding hydrogens is 326 g/mol. The molecule has 0 amide bonds. The zero-order valence-corrected chi connectivity index (χ0v) is 14.7. The smallest absolute Gasteiger partial charge is 0.327 e. The van der Waals surface area contributed by atoms with E-state index in [1.165, 1.54) is 7.11 Å². The van der Waals surface area contributed by atoms with Gasteiger partial charge in [0.1, 0.15) is 6.04 Å². The number of benzene rings is 2. The number of nitrogens with zero attached hydrogens (tertiary/aromatic N) is 1. The molecule has 2 aliphatic rings. The van der Waals surface area contributed by atoms with Gasteiger partial charge in [-0.2, -0.15) is 0 Å². The van der Waals surface area contributed by atoms with Crippen molar-refractivity contribution in [1.29, 1.82) is 0 Å². The third kappa shape index (κ3) is 2.86. The highest BCUT2D eigenvalue weighted by atomic mass is 16.5. The van der Waals surface area contributed by atoms with Gasteiger partial charge in [0.25, 0.3) is 0 Å². The van der Waals surface area contributed by atoms with E-state index in [2.05, 4.69) is 11.0 Å². The minimum atomic E-state index is -0.465. The number of carbonyl (C=O) groups excluding carboxylic acids is 2. The second-order valence-electron chi connectivity index (χ2n) is 6.87. The topological polar surface area (TPSA) is 46.6 Å². The van der Waals surface area contributed by atoms with Gasteiger partial charge in [0.15, 0.2) is 5.78 Å². The second kappa shape index (κ2) is 6.89. The van der Waals surface area contributed by atoms with E-state index in [0.717, 1.165) is 16.7 Å². The van der Waals surface area contributed by atoms with Gasteiger partial charge in [0.2, 0.25) is 0 Å². The fourth-order valence-electron chi connectivity index (χ4n) is 4.11. The molecule has 3 unspecified atom stereocenters. The Balaban J connectivity index is 1.60. The highest BCUT2D eigenvalue weighted by Gasteiger charge is 2.46. The van der Waals surface area contributed by atoms with E-state index in [1.54, 1.807) is 0 Å². The molecular formula is C22H21NO3. The number of methoxy groups -OCH3 is 1. The fraction of sp³-hybridized carbons (Fsp3) is 0.273. The molecule has 4 nitrogen and oxygen atoms in total. The second-order valence-corrected chi connectivity index (χ2v) is 6.87. The molecule has 1 aliphatic carbocycles. The molecule has 0 spiro atoms. The molecule has 0 radical (unpaired) electrons. The summed E-state index contributed by atoms with van der Waals surface area (Å²) >= 11 is 0. The van der Waals surface area contributed by atoms with E-state index in [1.807, 2.05) is 60.7 Å². The van der Waals surface area contributed by atoms with Crippen molar-refractivity contribution in [3.63, 3.8) is 0 Å². The molecule has 1 saturated heterocycles. The Kier molecular flexibility index (Phi) is 4.43. The largest absolute Gasteiger partial charge is 0.468 e. The standard InChI is InChI=1S/C22H21NO3/c1-26-22(25)20(16-10-6-3-7-11-16)23-13-17-12-18(21(24)19(17)14-23)15-8-4-2-5-9-15/h2-12,17,19-20H,13-14H2,1H3. The van der Waals surface area contributed by atoms with Crippen LogP contribution in [-0.2, 0) is 14.3 Å². The molecule has 26 heavy (non-hydrogen) atoms. The Labute approximate surface area is 153 Å². The van der Waals surface area contributed by atoms with Crippen LogP contribution in [0.25, 0.3) is 5.57 Å². The predicted molar refractivity (Wildman–Crippen MR) is 99.2 cm³/mol. The average molecular weight is 347 g/mol. The van der Waals surface area contributed by atoms with Crippen molar-refractivity contribution in [1.82, 2.24) is 4.90 Å². The fourth-order valence-corrected chi connectivity index (χ4v) is 4.11. The van der Waals surface area contributed by atoms with Gasteiger partial charge in [-0.25, -0.2) is 4.79 Å². The SMILES string of the molecule is COC(=O)C(c1ccccc1)N1CC2C=C(c3ccccc3)C(=O)C2C1. The van der Waals surface area contributed by atoms with Gasteiger partial charge in [-0.05, 0) is 11.1 Å². The maximum absolute atomic E-state index is 12.9. The van der Waals surface area contributed by atoms with Crippen LogP contribution in [-0.4, -0.2) is 36.9 Å². The van der Waals surface area contributed by atoms with E-state index in [9.17, 15) is 9.59 Å². The van der Waals surface area contributed by atoms with Gasteiger partial charge in [-0.1, -0.05) is 66.7 Å². The van der Waals surface area contributed by atoms with Crippen LogP contribution in [0.15, 0.2) is 66.7 Å². The number of likely N-dealkylation sites (tertiary alicyclic amines) is 1. The molecule has 3 atom stereocenters. The van der Waals surface area contributed by atoms with Gasteiger partial charge < -0.3 is 4.74 Å². The number of ether oxygens (including phenoxy) is 1. The summed E-state index contributed by atoms with van der Waals surface area (Å²) in [6.07, 6.45) is 2.08. The first-order valence-electron chi connectivity index (χ1n) is 8.87. The van der Waals surface area contributed by atoms with Crippen molar-refractivity contribution in [3.8, 4) is 0 Å². The molecule has 0 saturated carbocycles. The van der Waals surface area contributed by atoms with Crippen molar-refractivity contribution in [2.24, 2.45) is 11.8 Å². The van der Waals surface area contributed by atoms with Crippen LogP contribution in [0.2, 0.25) is 0 Å².